The van der Waals surface area contributed by atoms with Gasteiger partial charge in [0.1, 0.15) is 0 Å². The fourth-order valence-electron chi connectivity index (χ4n) is 4.05. The molecule has 0 bridgehead atoms. The number of amides is 1. The Hall–Kier alpha value is -2.99. The quantitative estimate of drug-likeness (QED) is 0.511. The van der Waals surface area contributed by atoms with Crippen LogP contribution in [0.4, 0.5) is 18.9 Å². The summed E-state index contributed by atoms with van der Waals surface area (Å²) in [6, 6.07) is 21.8. The van der Waals surface area contributed by atoms with Crippen molar-refractivity contribution in [1.82, 2.24) is 4.90 Å². The maximum absolute atomic E-state index is 12.9. The van der Waals surface area contributed by atoms with Crippen molar-refractivity contribution in [2.45, 2.75) is 25.6 Å². The van der Waals surface area contributed by atoms with E-state index in [2.05, 4.69) is 23.5 Å². The molecule has 3 aromatic rings. The summed E-state index contributed by atoms with van der Waals surface area (Å²) in [6.07, 6.45) is -4.20. The van der Waals surface area contributed by atoms with Crippen molar-refractivity contribution in [2.75, 3.05) is 18.4 Å². The van der Waals surface area contributed by atoms with E-state index in [1.54, 1.807) is 6.07 Å². The third-order valence-corrected chi connectivity index (χ3v) is 5.99. The summed E-state index contributed by atoms with van der Waals surface area (Å²) in [5.41, 5.74) is 5.78. The van der Waals surface area contributed by atoms with Gasteiger partial charge in [0.15, 0.2) is 0 Å². The molecular weight excluding hydrogens is 437 g/mol. The Kier molecular flexibility index (Phi) is 6.42. The van der Waals surface area contributed by atoms with E-state index in [1.807, 2.05) is 42.5 Å². The number of anilines is 1. The second-order valence-electron chi connectivity index (χ2n) is 7.77. The molecule has 1 aliphatic heterocycles. The van der Waals surface area contributed by atoms with Crippen LogP contribution in [0.2, 0.25) is 5.02 Å². The molecule has 3 aromatic carbocycles. The zero-order valence-corrected chi connectivity index (χ0v) is 18.0. The number of rotatable bonds is 4. The summed E-state index contributed by atoms with van der Waals surface area (Å²) in [5, 5.41) is 3.89. The van der Waals surface area contributed by atoms with Gasteiger partial charge < -0.3 is 10.2 Å². The minimum absolute atomic E-state index is 0.00383. The topological polar surface area (TPSA) is 32.3 Å². The lowest BCUT2D eigenvalue weighted by molar-refractivity contribution is -0.185. The van der Waals surface area contributed by atoms with Crippen molar-refractivity contribution in [3.63, 3.8) is 0 Å². The number of halogens is 4. The Balaban J connectivity index is 1.53. The van der Waals surface area contributed by atoms with Crippen molar-refractivity contribution >= 4 is 23.2 Å². The monoisotopic (exact) mass is 458 g/mol. The van der Waals surface area contributed by atoms with E-state index in [9.17, 15) is 18.0 Å². The first-order valence-corrected chi connectivity index (χ1v) is 10.8. The fraction of sp³-hybridized carbons (Fsp3) is 0.240. The van der Waals surface area contributed by atoms with Crippen LogP contribution in [0.1, 0.15) is 16.7 Å². The molecule has 0 aliphatic carbocycles. The molecule has 4 rings (SSSR count). The standard InChI is InChI=1S/C25H22ClF3N2O/c26-22-10-9-19-11-13-31(24(32)25(27,28)29)14-12-21(19)23(22)30-16-17-5-4-8-20(15-17)18-6-2-1-3-7-18/h1-10,15,30H,11-14,16H2. The number of carbonyl (C=O) groups excluding carboxylic acids is 1. The van der Waals surface area contributed by atoms with E-state index in [-0.39, 0.29) is 13.1 Å². The van der Waals surface area contributed by atoms with Crippen molar-refractivity contribution < 1.29 is 18.0 Å². The second-order valence-corrected chi connectivity index (χ2v) is 8.18. The van der Waals surface area contributed by atoms with Gasteiger partial charge in [-0.15, -0.1) is 0 Å². The lowest BCUT2D eigenvalue weighted by Crippen LogP contribution is -2.42. The highest BCUT2D eigenvalue weighted by atomic mass is 35.5. The van der Waals surface area contributed by atoms with Crippen molar-refractivity contribution in [3.05, 3.63) is 88.4 Å². The zero-order chi connectivity index (χ0) is 22.7. The molecule has 3 nitrogen and oxygen atoms in total. The highest BCUT2D eigenvalue weighted by Crippen LogP contribution is 2.33. The van der Waals surface area contributed by atoms with E-state index >= 15 is 0 Å². The molecular formula is C25H22ClF3N2O. The van der Waals surface area contributed by atoms with Gasteiger partial charge in [0.2, 0.25) is 0 Å². The van der Waals surface area contributed by atoms with Crippen LogP contribution in [-0.2, 0) is 24.2 Å². The average molecular weight is 459 g/mol. The molecule has 7 heteroatoms. The Morgan fingerprint density at radius 3 is 2.41 bits per heavy atom. The third-order valence-electron chi connectivity index (χ3n) is 5.67. The number of nitrogens with zero attached hydrogens (tertiary/aromatic N) is 1. The first-order chi connectivity index (χ1) is 15.3. The minimum atomic E-state index is -4.86. The molecule has 166 valence electrons. The van der Waals surface area contributed by atoms with Crippen LogP contribution in [0.5, 0.6) is 0 Å². The lowest BCUT2D eigenvalue weighted by Gasteiger charge is -2.21. The first kappa shape index (κ1) is 22.2. The predicted molar refractivity (Wildman–Crippen MR) is 121 cm³/mol. The van der Waals surface area contributed by atoms with Gasteiger partial charge in [-0.25, -0.2) is 0 Å². The van der Waals surface area contributed by atoms with Gasteiger partial charge in [-0.05, 0) is 52.8 Å². The predicted octanol–water partition coefficient (Wildman–Crippen LogP) is 6.11. The summed E-state index contributed by atoms with van der Waals surface area (Å²) >= 11 is 6.46. The maximum Gasteiger partial charge on any atom is 0.471 e. The summed E-state index contributed by atoms with van der Waals surface area (Å²) in [4.78, 5) is 12.6. The van der Waals surface area contributed by atoms with E-state index in [0.29, 0.717) is 24.4 Å². The van der Waals surface area contributed by atoms with Crippen LogP contribution in [0, 0.1) is 0 Å². The van der Waals surface area contributed by atoms with Crippen LogP contribution in [0.3, 0.4) is 0 Å². The van der Waals surface area contributed by atoms with Gasteiger partial charge in [0, 0.05) is 19.6 Å². The molecule has 0 fully saturated rings. The van der Waals surface area contributed by atoms with Gasteiger partial charge in [-0.3, -0.25) is 4.79 Å². The van der Waals surface area contributed by atoms with Crippen molar-refractivity contribution in [1.29, 1.82) is 0 Å². The molecule has 0 unspecified atom stereocenters. The van der Waals surface area contributed by atoms with Gasteiger partial charge in [0.25, 0.3) is 0 Å². The van der Waals surface area contributed by atoms with Crippen molar-refractivity contribution in [3.8, 4) is 11.1 Å². The highest BCUT2D eigenvalue weighted by Gasteiger charge is 2.42. The molecule has 0 radical (unpaired) electrons. The Morgan fingerprint density at radius 1 is 0.938 bits per heavy atom. The molecule has 1 N–H and O–H groups in total. The molecule has 32 heavy (non-hydrogen) atoms. The number of fused-ring (bicyclic) bond motifs is 1. The Labute approximate surface area is 189 Å². The van der Waals surface area contributed by atoms with E-state index in [0.717, 1.165) is 38.4 Å². The molecule has 1 aliphatic rings. The van der Waals surface area contributed by atoms with Gasteiger partial charge in [-0.1, -0.05) is 66.2 Å². The smallest absolute Gasteiger partial charge is 0.380 e. The largest absolute Gasteiger partial charge is 0.471 e. The van der Waals surface area contributed by atoms with E-state index < -0.39 is 12.1 Å². The van der Waals surface area contributed by atoms with Crippen LogP contribution >= 0.6 is 11.6 Å². The van der Waals surface area contributed by atoms with Crippen LogP contribution in [0.25, 0.3) is 11.1 Å². The fourth-order valence-corrected chi connectivity index (χ4v) is 4.30. The number of nitrogens with one attached hydrogen (secondary N) is 1. The van der Waals surface area contributed by atoms with E-state index in [4.69, 9.17) is 11.6 Å². The second kappa shape index (κ2) is 9.25. The number of hydrogen-bond donors (Lipinski definition) is 1. The molecule has 0 aromatic heterocycles. The summed E-state index contributed by atoms with van der Waals surface area (Å²) in [6.45, 7) is 0.553. The summed E-state index contributed by atoms with van der Waals surface area (Å²) < 4.78 is 38.6. The third kappa shape index (κ3) is 4.91. The number of benzene rings is 3. The molecule has 0 atom stereocenters. The number of hydrogen-bond acceptors (Lipinski definition) is 2. The minimum Gasteiger partial charge on any atom is -0.380 e. The van der Waals surface area contributed by atoms with Gasteiger partial charge in [0.05, 0.1) is 10.7 Å². The highest BCUT2D eigenvalue weighted by molar-refractivity contribution is 6.33. The molecule has 0 spiro atoms. The summed E-state index contributed by atoms with van der Waals surface area (Å²) in [7, 11) is 0. The molecule has 1 amide bonds. The van der Waals surface area contributed by atoms with Gasteiger partial charge >= 0.3 is 12.1 Å². The Bertz CT molecular complexity index is 1120. The molecule has 0 saturated carbocycles. The van der Waals surface area contributed by atoms with Crippen LogP contribution < -0.4 is 5.32 Å². The van der Waals surface area contributed by atoms with Crippen molar-refractivity contribution in [2.24, 2.45) is 0 Å². The van der Waals surface area contributed by atoms with Crippen LogP contribution in [0.15, 0.2) is 66.7 Å². The number of alkyl halides is 3. The first-order valence-electron chi connectivity index (χ1n) is 10.4. The maximum atomic E-state index is 12.9. The summed E-state index contributed by atoms with van der Waals surface area (Å²) in [5.74, 6) is -1.79. The van der Waals surface area contributed by atoms with Crippen LogP contribution in [-0.4, -0.2) is 30.1 Å². The molecule has 0 saturated heterocycles. The SMILES string of the molecule is O=C(N1CCc2ccc(Cl)c(NCc3cccc(-c4ccccc4)c3)c2CC1)C(F)(F)F. The average Bonchev–Trinajstić information content (AvgIpc) is 3.01. The zero-order valence-electron chi connectivity index (χ0n) is 17.3. The molecule has 1 heterocycles. The number of carbonyl (C=O) groups is 1. The lowest BCUT2D eigenvalue weighted by atomic mass is 10.00. The van der Waals surface area contributed by atoms with E-state index in [1.165, 1.54) is 0 Å². The Morgan fingerprint density at radius 2 is 1.66 bits per heavy atom. The van der Waals surface area contributed by atoms with Gasteiger partial charge in [-0.2, -0.15) is 13.2 Å². The normalized spacial score (nSPS) is 13.9.